The van der Waals surface area contributed by atoms with Crippen LogP contribution in [0.15, 0.2) is 24.3 Å². The van der Waals surface area contributed by atoms with E-state index in [0.717, 1.165) is 5.75 Å². The number of anilines is 1. The Labute approximate surface area is 399 Å². The number of rotatable bonds is 54. The third kappa shape index (κ3) is 51.3. The molecule has 0 fully saturated rings. The molecule has 2 N–H and O–H groups in total. The lowest BCUT2D eigenvalue weighted by molar-refractivity contribution is -0.160. The summed E-state index contributed by atoms with van der Waals surface area (Å²) in [6, 6.07) is 7.25. The highest BCUT2D eigenvalue weighted by atomic mass is 16.6. The van der Waals surface area contributed by atoms with Crippen LogP contribution in [-0.4, -0.2) is 243 Å². The molecule has 1 rings (SSSR count). The van der Waals surface area contributed by atoms with Crippen molar-refractivity contribution in [1.29, 1.82) is 0 Å². The van der Waals surface area contributed by atoms with Crippen molar-refractivity contribution in [2.75, 3.05) is 237 Å². The van der Waals surface area contributed by atoms with E-state index in [-0.39, 0.29) is 6.61 Å². The molecular weight excluding hydrogens is 886 g/mol. The van der Waals surface area contributed by atoms with Gasteiger partial charge < -0.3 is 95.7 Å². The number of nitrogen functional groups attached to an aromatic ring is 1. The molecule has 394 valence electrons. The molecule has 0 saturated heterocycles. The van der Waals surface area contributed by atoms with E-state index in [1.54, 1.807) is 12.1 Å². The van der Waals surface area contributed by atoms with Gasteiger partial charge in [0.2, 0.25) is 0 Å². The summed E-state index contributed by atoms with van der Waals surface area (Å²) >= 11 is 0. The van der Waals surface area contributed by atoms with Gasteiger partial charge in [0, 0.05) is 5.69 Å². The highest BCUT2D eigenvalue weighted by Crippen LogP contribution is 2.12. The van der Waals surface area contributed by atoms with Gasteiger partial charge in [0.05, 0.1) is 218 Å². The second-order valence-electron chi connectivity index (χ2n) is 14.9. The van der Waals surface area contributed by atoms with Gasteiger partial charge >= 0.3 is 5.97 Å². The van der Waals surface area contributed by atoms with E-state index in [1.165, 1.54) is 0 Å². The Morgan fingerprint density at radius 3 is 0.731 bits per heavy atom. The minimum absolute atomic E-state index is 0.0895. The van der Waals surface area contributed by atoms with Gasteiger partial charge in [-0.3, -0.25) is 0 Å². The molecular formula is C46H85NO20. The van der Waals surface area contributed by atoms with Crippen molar-refractivity contribution in [3.63, 3.8) is 0 Å². The van der Waals surface area contributed by atoms with Gasteiger partial charge in [-0.2, -0.15) is 0 Å². The van der Waals surface area contributed by atoms with E-state index in [0.29, 0.717) is 230 Å². The fourth-order valence-electron chi connectivity index (χ4n) is 4.83. The van der Waals surface area contributed by atoms with Crippen LogP contribution in [0.4, 0.5) is 5.69 Å². The number of carbonyl (C=O) groups excluding carboxylic acids is 1. The molecule has 21 nitrogen and oxygen atoms in total. The molecule has 0 amide bonds. The summed E-state index contributed by atoms with van der Waals surface area (Å²) in [6.45, 7) is 21.5. The van der Waals surface area contributed by atoms with Gasteiger partial charge in [0.25, 0.3) is 0 Å². The number of carbonyl (C=O) groups is 1. The van der Waals surface area contributed by atoms with E-state index in [2.05, 4.69) is 0 Å². The van der Waals surface area contributed by atoms with Crippen LogP contribution in [0, 0.1) is 0 Å². The summed E-state index contributed by atoms with van der Waals surface area (Å²) in [5.74, 6) is 0.375. The van der Waals surface area contributed by atoms with Crippen LogP contribution in [0.1, 0.15) is 20.8 Å². The molecule has 0 bridgehead atoms. The number of hydrogen-bond acceptors (Lipinski definition) is 21. The van der Waals surface area contributed by atoms with Gasteiger partial charge in [0.15, 0.2) is 0 Å². The maximum atomic E-state index is 11.5. The summed E-state index contributed by atoms with van der Waals surface area (Å²) in [5.41, 5.74) is 5.84. The predicted molar refractivity (Wildman–Crippen MR) is 246 cm³/mol. The first-order chi connectivity index (χ1) is 32.9. The Balaban J connectivity index is 1.61. The molecule has 0 heterocycles. The molecule has 0 aliphatic carbocycles. The fraction of sp³-hybridized carbons (Fsp3) is 0.848. The second-order valence-corrected chi connectivity index (χ2v) is 14.9. The molecule has 21 heteroatoms. The summed E-state index contributed by atoms with van der Waals surface area (Å²) < 4.78 is 104. The minimum atomic E-state index is -0.518. The monoisotopic (exact) mass is 972 g/mol. The number of hydrogen-bond donors (Lipinski definition) is 1. The van der Waals surface area contributed by atoms with Crippen LogP contribution < -0.4 is 10.5 Å². The minimum Gasteiger partial charge on any atom is -0.491 e. The molecule has 0 aromatic heterocycles. The largest absolute Gasteiger partial charge is 0.491 e. The molecule has 0 unspecified atom stereocenters. The quantitative estimate of drug-likeness (QED) is 0.0563. The van der Waals surface area contributed by atoms with E-state index in [1.807, 2.05) is 32.9 Å². The highest BCUT2D eigenvalue weighted by molar-refractivity contribution is 5.71. The van der Waals surface area contributed by atoms with Crippen molar-refractivity contribution >= 4 is 11.7 Å². The van der Waals surface area contributed by atoms with Crippen molar-refractivity contribution in [1.82, 2.24) is 0 Å². The number of ether oxygens (including phenoxy) is 19. The van der Waals surface area contributed by atoms with Crippen LogP contribution in [0.3, 0.4) is 0 Å². The Morgan fingerprint density at radius 1 is 0.328 bits per heavy atom. The standard InChI is InChI=1S/C46H85NO20/c1-46(2,3)67-45(48)42-65-39-38-63-35-34-61-31-30-59-27-26-57-23-22-55-19-18-53-15-14-51-11-10-49-8-9-50-12-13-52-16-17-54-20-21-56-24-25-58-28-29-60-32-33-62-36-37-64-40-41-66-44-6-4-43(47)5-7-44/h4-7H,8-42,47H2,1-3H3. The SMILES string of the molecule is CC(C)(C)OC(=O)COCCOCCOCCOCCOCCOCCOCCOCCOCCOCCOCCOCCOCCOCCOCCOCCOCCOc1ccc(N)cc1. The molecule has 1 aromatic rings. The highest BCUT2D eigenvalue weighted by Gasteiger charge is 2.16. The van der Waals surface area contributed by atoms with Crippen molar-refractivity contribution in [2.24, 2.45) is 0 Å². The van der Waals surface area contributed by atoms with Crippen molar-refractivity contribution in [3.8, 4) is 5.75 Å². The van der Waals surface area contributed by atoms with E-state index >= 15 is 0 Å². The van der Waals surface area contributed by atoms with E-state index in [9.17, 15) is 4.79 Å². The first-order valence-corrected chi connectivity index (χ1v) is 23.4. The molecule has 0 aliphatic rings. The fourth-order valence-corrected chi connectivity index (χ4v) is 4.83. The van der Waals surface area contributed by atoms with Crippen molar-refractivity contribution in [3.05, 3.63) is 24.3 Å². The van der Waals surface area contributed by atoms with Crippen LogP contribution in [0.2, 0.25) is 0 Å². The third-order valence-electron chi connectivity index (χ3n) is 7.97. The van der Waals surface area contributed by atoms with E-state index in [4.69, 9.17) is 95.7 Å². The lowest BCUT2D eigenvalue weighted by atomic mass is 10.2. The smallest absolute Gasteiger partial charge is 0.332 e. The Bertz CT molecular complexity index is 1150. The van der Waals surface area contributed by atoms with Gasteiger partial charge in [-0.1, -0.05) is 0 Å². The summed E-state index contributed by atoms with van der Waals surface area (Å²) in [7, 11) is 0. The first-order valence-electron chi connectivity index (χ1n) is 23.4. The Hall–Kier alpha value is -2.39. The van der Waals surface area contributed by atoms with Crippen molar-refractivity contribution < 1.29 is 94.8 Å². The van der Waals surface area contributed by atoms with Crippen LogP contribution in [0.25, 0.3) is 0 Å². The lowest BCUT2D eigenvalue weighted by Gasteiger charge is -2.19. The number of esters is 1. The van der Waals surface area contributed by atoms with Crippen LogP contribution >= 0.6 is 0 Å². The Kier molecular flexibility index (Phi) is 46.7. The van der Waals surface area contributed by atoms with Gasteiger partial charge in [-0.05, 0) is 45.0 Å². The zero-order valence-electron chi connectivity index (χ0n) is 40.8. The number of nitrogens with two attached hydrogens (primary N) is 1. The summed E-state index contributed by atoms with van der Waals surface area (Å²) in [6.07, 6.45) is 0. The predicted octanol–water partition coefficient (Wildman–Crippen LogP) is 2.27. The molecule has 67 heavy (non-hydrogen) atoms. The van der Waals surface area contributed by atoms with Crippen LogP contribution in [-0.2, 0) is 90.1 Å². The average Bonchev–Trinajstić information content (AvgIpc) is 3.30. The number of benzene rings is 1. The second kappa shape index (κ2) is 50.0. The molecule has 0 saturated carbocycles. The summed E-state index contributed by atoms with van der Waals surface area (Å²) in [5, 5.41) is 0. The normalized spacial score (nSPS) is 11.7. The summed E-state index contributed by atoms with van der Waals surface area (Å²) in [4.78, 5) is 11.5. The molecule has 1 aromatic carbocycles. The van der Waals surface area contributed by atoms with E-state index < -0.39 is 11.6 Å². The first kappa shape index (κ1) is 62.6. The third-order valence-corrected chi connectivity index (χ3v) is 7.97. The average molecular weight is 972 g/mol. The van der Waals surface area contributed by atoms with Crippen LogP contribution in [0.5, 0.6) is 5.75 Å². The maximum Gasteiger partial charge on any atom is 0.332 e. The topological polar surface area (TPSA) is 218 Å². The molecule has 0 radical (unpaired) electrons. The van der Waals surface area contributed by atoms with Gasteiger partial charge in [-0.15, -0.1) is 0 Å². The van der Waals surface area contributed by atoms with Gasteiger partial charge in [-0.25, -0.2) is 4.79 Å². The molecule has 0 atom stereocenters. The van der Waals surface area contributed by atoms with Crippen molar-refractivity contribution in [2.45, 2.75) is 26.4 Å². The Morgan fingerprint density at radius 2 is 0.522 bits per heavy atom. The molecule has 0 aliphatic heterocycles. The zero-order valence-corrected chi connectivity index (χ0v) is 40.8. The maximum absolute atomic E-state index is 11.5. The molecule has 0 spiro atoms. The zero-order chi connectivity index (χ0) is 48.2. The lowest BCUT2D eigenvalue weighted by Crippen LogP contribution is -2.27. The van der Waals surface area contributed by atoms with Gasteiger partial charge in [0.1, 0.15) is 24.6 Å².